The number of nitrogen functional groups attached to an aromatic ring is 1. The maximum absolute atomic E-state index is 8.82. The number of nitrogens with two attached hydrogens (primary N) is 1. The van der Waals surface area contributed by atoms with Gasteiger partial charge in [0.15, 0.2) is 0 Å². The Morgan fingerprint density at radius 2 is 2.14 bits per heavy atom. The number of anilines is 1. The summed E-state index contributed by atoms with van der Waals surface area (Å²) in [6, 6.07) is 7.15. The largest absolute Gasteiger partial charge is 0.368 e. The molecule has 0 saturated carbocycles. The van der Waals surface area contributed by atoms with Gasteiger partial charge in [-0.3, -0.25) is 0 Å². The van der Waals surface area contributed by atoms with E-state index in [0.717, 1.165) is 0 Å². The molecule has 4 nitrogen and oxygen atoms in total. The van der Waals surface area contributed by atoms with E-state index < -0.39 is 0 Å². The van der Waals surface area contributed by atoms with Crippen LogP contribution < -0.4 is 5.73 Å². The first-order chi connectivity index (χ1) is 6.72. The molecule has 0 fully saturated rings. The second-order valence-corrected chi connectivity index (χ2v) is 3.04. The highest BCUT2D eigenvalue weighted by molar-refractivity contribution is 6.34. The minimum atomic E-state index is 0.0743. The maximum atomic E-state index is 8.82. The van der Waals surface area contributed by atoms with Crippen molar-refractivity contribution in [2.45, 2.75) is 0 Å². The van der Waals surface area contributed by atoms with Gasteiger partial charge in [-0.1, -0.05) is 17.7 Å². The lowest BCUT2D eigenvalue weighted by atomic mass is 10.1. The molecule has 2 N–H and O–H groups in total. The molecule has 0 saturated heterocycles. The van der Waals surface area contributed by atoms with E-state index >= 15 is 0 Å². The summed E-state index contributed by atoms with van der Waals surface area (Å²) in [6.45, 7) is 0. The van der Waals surface area contributed by atoms with Crippen LogP contribution in [0.3, 0.4) is 0 Å². The zero-order chi connectivity index (χ0) is 10.1. The van der Waals surface area contributed by atoms with Crippen molar-refractivity contribution in [3.63, 3.8) is 0 Å². The van der Waals surface area contributed by atoms with Crippen LogP contribution in [0.25, 0.3) is 10.9 Å². The molecule has 0 amide bonds. The Morgan fingerprint density at radius 3 is 2.86 bits per heavy atom. The molecule has 68 valence electrons. The van der Waals surface area contributed by atoms with Crippen LogP contribution in [0.15, 0.2) is 18.2 Å². The molecule has 0 atom stereocenters. The number of halogens is 1. The highest BCUT2D eigenvalue weighted by atomic mass is 35.5. The van der Waals surface area contributed by atoms with E-state index in [1.807, 2.05) is 6.07 Å². The van der Waals surface area contributed by atoms with Gasteiger partial charge in [-0.25, -0.2) is 9.97 Å². The van der Waals surface area contributed by atoms with Crippen LogP contribution in [0.5, 0.6) is 0 Å². The molecule has 2 rings (SSSR count). The van der Waals surface area contributed by atoms with Crippen LogP contribution in [0.1, 0.15) is 5.56 Å². The molecule has 0 radical (unpaired) electrons. The Balaban J connectivity index is 2.95. The van der Waals surface area contributed by atoms with E-state index in [2.05, 4.69) is 9.97 Å². The van der Waals surface area contributed by atoms with E-state index in [4.69, 9.17) is 22.6 Å². The molecule has 1 aromatic heterocycles. The minimum Gasteiger partial charge on any atom is -0.368 e. The zero-order valence-electron chi connectivity index (χ0n) is 7.03. The number of para-hydroxylation sites is 1. The van der Waals surface area contributed by atoms with E-state index in [1.165, 1.54) is 0 Å². The van der Waals surface area contributed by atoms with Gasteiger partial charge in [0.2, 0.25) is 5.95 Å². The lowest BCUT2D eigenvalue weighted by molar-refractivity contribution is 1.23. The van der Waals surface area contributed by atoms with Crippen LogP contribution in [0, 0.1) is 11.3 Å². The predicted molar refractivity (Wildman–Crippen MR) is 53.7 cm³/mol. The average molecular weight is 205 g/mol. The Bertz CT molecular complexity index is 544. The fourth-order valence-corrected chi connectivity index (χ4v) is 1.46. The molecule has 5 heteroatoms. The molecule has 0 unspecified atom stereocenters. The summed E-state index contributed by atoms with van der Waals surface area (Å²) in [7, 11) is 0. The number of hydrogen-bond donors (Lipinski definition) is 1. The van der Waals surface area contributed by atoms with E-state index in [1.54, 1.807) is 18.2 Å². The standard InChI is InChI=1S/C9H5ClN4/c10-8-6-3-1-2-5(4-11)7(6)13-9(12)14-8/h1-3H,(H2,12,13,14). The molecule has 0 aliphatic rings. The lowest BCUT2D eigenvalue weighted by Crippen LogP contribution is -1.96. The highest BCUT2D eigenvalue weighted by Gasteiger charge is 2.07. The normalized spacial score (nSPS) is 10.0. The van der Waals surface area contributed by atoms with Crippen molar-refractivity contribution in [3.05, 3.63) is 28.9 Å². The summed E-state index contributed by atoms with van der Waals surface area (Å²) < 4.78 is 0. The predicted octanol–water partition coefficient (Wildman–Crippen LogP) is 1.74. The molecular formula is C9H5ClN4. The molecule has 1 aromatic carbocycles. The summed E-state index contributed by atoms with van der Waals surface area (Å²) in [5.41, 5.74) is 6.37. The SMILES string of the molecule is N#Cc1cccc2c(Cl)nc(N)nc12. The Hall–Kier alpha value is -1.86. The second-order valence-electron chi connectivity index (χ2n) is 2.69. The molecule has 0 spiro atoms. The molecule has 2 aromatic rings. The fraction of sp³-hybridized carbons (Fsp3) is 0. The Kier molecular flexibility index (Phi) is 1.95. The monoisotopic (exact) mass is 204 g/mol. The topological polar surface area (TPSA) is 75.6 Å². The van der Waals surface area contributed by atoms with Gasteiger partial charge in [0.25, 0.3) is 0 Å². The molecular weight excluding hydrogens is 200 g/mol. The highest BCUT2D eigenvalue weighted by Crippen LogP contribution is 2.23. The number of hydrogen-bond acceptors (Lipinski definition) is 4. The maximum Gasteiger partial charge on any atom is 0.222 e. The van der Waals surface area contributed by atoms with Crippen molar-refractivity contribution in [2.75, 3.05) is 5.73 Å². The van der Waals surface area contributed by atoms with Gasteiger partial charge in [-0.15, -0.1) is 0 Å². The zero-order valence-corrected chi connectivity index (χ0v) is 7.78. The number of benzene rings is 1. The molecule has 1 heterocycles. The lowest BCUT2D eigenvalue weighted by Gasteiger charge is -2.01. The van der Waals surface area contributed by atoms with E-state index in [0.29, 0.717) is 16.5 Å². The molecule has 0 bridgehead atoms. The van der Waals surface area contributed by atoms with Crippen molar-refractivity contribution in [1.29, 1.82) is 5.26 Å². The smallest absolute Gasteiger partial charge is 0.222 e. The van der Waals surface area contributed by atoms with Gasteiger partial charge in [0, 0.05) is 5.39 Å². The summed E-state index contributed by atoms with van der Waals surface area (Å²) >= 11 is 5.85. The number of nitriles is 1. The van der Waals surface area contributed by atoms with Crippen LogP contribution in [0.4, 0.5) is 5.95 Å². The van der Waals surface area contributed by atoms with Crippen LogP contribution in [0.2, 0.25) is 5.15 Å². The fourth-order valence-electron chi connectivity index (χ4n) is 1.22. The van der Waals surface area contributed by atoms with Crippen LogP contribution in [-0.4, -0.2) is 9.97 Å². The third kappa shape index (κ3) is 1.24. The van der Waals surface area contributed by atoms with Crippen molar-refractivity contribution < 1.29 is 0 Å². The number of aromatic nitrogens is 2. The molecule has 0 aliphatic carbocycles. The Labute approximate surface area is 85.0 Å². The van der Waals surface area contributed by atoms with Gasteiger partial charge in [0.1, 0.15) is 11.2 Å². The minimum absolute atomic E-state index is 0.0743. The van der Waals surface area contributed by atoms with Crippen molar-refractivity contribution in [3.8, 4) is 6.07 Å². The molecule has 14 heavy (non-hydrogen) atoms. The van der Waals surface area contributed by atoms with Crippen LogP contribution in [-0.2, 0) is 0 Å². The first-order valence-electron chi connectivity index (χ1n) is 3.84. The van der Waals surface area contributed by atoms with Gasteiger partial charge in [-0.05, 0) is 12.1 Å². The second kappa shape index (κ2) is 3.13. The van der Waals surface area contributed by atoms with E-state index in [9.17, 15) is 0 Å². The van der Waals surface area contributed by atoms with Gasteiger partial charge in [-0.2, -0.15) is 5.26 Å². The van der Waals surface area contributed by atoms with Crippen molar-refractivity contribution in [1.82, 2.24) is 9.97 Å². The number of rotatable bonds is 0. The quantitative estimate of drug-likeness (QED) is 0.664. The van der Waals surface area contributed by atoms with Gasteiger partial charge < -0.3 is 5.73 Å². The van der Waals surface area contributed by atoms with Crippen molar-refractivity contribution >= 4 is 28.5 Å². The van der Waals surface area contributed by atoms with Gasteiger partial charge in [0.05, 0.1) is 11.1 Å². The van der Waals surface area contributed by atoms with E-state index in [-0.39, 0.29) is 11.1 Å². The third-order valence-corrected chi connectivity index (χ3v) is 2.11. The van der Waals surface area contributed by atoms with Crippen molar-refractivity contribution in [2.24, 2.45) is 0 Å². The third-order valence-electron chi connectivity index (χ3n) is 1.82. The number of nitrogens with zero attached hydrogens (tertiary/aromatic N) is 3. The average Bonchev–Trinajstić information content (AvgIpc) is 2.17. The summed E-state index contributed by atoms with van der Waals surface area (Å²) in [4.78, 5) is 7.77. The first kappa shape index (κ1) is 8.73. The van der Waals surface area contributed by atoms with Crippen LogP contribution >= 0.6 is 11.6 Å². The first-order valence-corrected chi connectivity index (χ1v) is 4.22. The van der Waals surface area contributed by atoms with Gasteiger partial charge >= 0.3 is 0 Å². The number of fused-ring (bicyclic) bond motifs is 1. The summed E-state index contributed by atoms with van der Waals surface area (Å²) in [6.07, 6.45) is 0. The Morgan fingerprint density at radius 1 is 1.36 bits per heavy atom. The summed E-state index contributed by atoms with van der Waals surface area (Å²) in [5.74, 6) is 0.0743. The molecule has 0 aliphatic heterocycles. The summed E-state index contributed by atoms with van der Waals surface area (Å²) in [5, 5.41) is 9.73.